The van der Waals surface area contributed by atoms with E-state index in [1.165, 1.54) is 0 Å². The van der Waals surface area contributed by atoms with Crippen molar-refractivity contribution >= 4 is 17.5 Å². The predicted molar refractivity (Wildman–Crippen MR) is 98.1 cm³/mol. The zero-order valence-electron chi connectivity index (χ0n) is 15.7. The third-order valence-electron chi connectivity index (χ3n) is 7.15. The molecule has 0 N–H and O–H groups in total. The SMILES string of the molecule is CC12CC[C@](C(=O)OC3CCCC=C3c3ccccc3)(OC1=O)C2(C)C. The van der Waals surface area contributed by atoms with Crippen LogP contribution in [0.25, 0.3) is 5.57 Å². The molecule has 4 nitrogen and oxygen atoms in total. The molecular weight excluding hydrogens is 328 g/mol. The van der Waals surface area contributed by atoms with Crippen LogP contribution in [0.4, 0.5) is 0 Å². The molecule has 2 unspecified atom stereocenters. The zero-order valence-corrected chi connectivity index (χ0v) is 15.7. The molecule has 3 atom stereocenters. The van der Waals surface area contributed by atoms with E-state index in [2.05, 4.69) is 6.08 Å². The molecule has 26 heavy (non-hydrogen) atoms. The number of carbonyl (C=O) groups is 2. The van der Waals surface area contributed by atoms with Gasteiger partial charge in [-0.3, -0.25) is 4.79 Å². The molecule has 0 amide bonds. The fraction of sp³-hybridized carbons (Fsp3) is 0.545. The average molecular weight is 354 g/mol. The topological polar surface area (TPSA) is 52.6 Å². The number of esters is 2. The number of ether oxygens (including phenoxy) is 2. The zero-order chi connectivity index (χ0) is 18.6. The summed E-state index contributed by atoms with van der Waals surface area (Å²) in [6.07, 6.45) is 5.87. The maximum Gasteiger partial charge on any atom is 0.351 e. The third kappa shape index (κ3) is 2.14. The smallest absolute Gasteiger partial charge is 0.351 e. The summed E-state index contributed by atoms with van der Waals surface area (Å²) in [6, 6.07) is 10.1. The van der Waals surface area contributed by atoms with E-state index in [9.17, 15) is 9.59 Å². The molecule has 0 aromatic heterocycles. The summed E-state index contributed by atoms with van der Waals surface area (Å²) in [6.45, 7) is 5.83. The van der Waals surface area contributed by atoms with Gasteiger partial charge in [-0.05, 0) is 50.2 Å². The standard InChI is InChI=1S/C22H26O4/c1-20(2)21(3)13-14-22(20,26-18(21)23)19(24)25-17-12-8-7-11-16(17)15-9-5-4-6-10-15/h4-6,9-11,17H,7-8,12-14H2,1-3H3/t17?,21?,22-/m1/s1. The normalized spacial score (nSPS) is 35.0. The van der Waals surface area contributed by atoms with Gasteiger partial charge in [-0.25, -0.2) is 4.79 Å². The van der Waals surface area contributed by atoms with Crippen LogP contribution >= 0.6 is 0 Å². The molecular formula is C22H26O4. The maximum atomic E-state index is 13.2. The second kappa shape index (κ2) is 5.70. The first-order valence-electron chi connectivity index (χ1n) is 9.52. The second-order valence-corrected chi connectivity index (χ2v) is 8.52. The van der Waals surface area contributed by atoms with Crippen molar-refractivity contribution < 1.29 is 19.1 Å². The van der Waals surface area contributed by atoms with Crippen LogP contribution < -0.4 is 0 Å². The Morgan fingerprint density at radius 2 is 1.88 bits per heavy atom. The molecule has 2 bridgehead atoms. The summed E-state index contributed by atoms with van der Waals surface area (Å²) in [5, 5.41) is 0. The lowest BCUT2D eigenvalue weighted by atomic mass is 9.66. The van der Waals surface area contributed by atoms with Crippen molar-refractivity contribution in [1.82, 2.24) is 0 Å². The lowest BCUT2D eigenvalue weighted by molar-refractivity contribution is -0.185. The maximum absolute atomic E-state index is 13.2. The number of hydrogen-bond acceptors (Lipinski definition) is 4. The largest absolute Gasteiger partial charge is 0.455 e. The molecule has 138 valence electrons. The van der Waals surface area contributed by atoms with Gasteiger partial charge < -0.3 is 9.47 Å². The first-order valence-corrected chi connectivity index (χ1v) is 9.52. The molecule has 1 heterocycles. The number of fused-ring (bicyclic) bond motifs is 2. The average Bonchev–Trinajstić information content (AvgIpc) is 2.93. The summed E-state index contributed by atoms with van der Waals surface area (Å²) in [5.74, 6) is -0.654. The Balaban J connectivity index is 1.61. The minimum atomic E-state index is -1.15. The van der Waals surface area contributed by atoms with Crippen molar-refractivity contribution in [2.24, 2.45) is 10.8 Å². The van der Waals surface area contributed by atoms with E-state index in [0.29, 0.717) is 12.8 Å². The highest BCUT2D eigenvalue weighted by molar-refractivity contribution is 5.94. The van der Waals surface area contributed by atoms with E-state index in [-0.39, 0.29) is 18.0 Å². The summed E-state index contributed by atoms with van der Waals surface area (Å²) in [7, 11) is 0. The van der Waals surface area contributed by atoms with Crippen molar-refractivity contribution in [3.63, 3.8) is 0 Å². The van der Waals surface area contributed by atoms with Crippen LogP contribution in [0.5, 0.6) is 0 Å². The molecule has 4 heteroatoms. The van der Waals surface area contributed by atoms with Crippen LogP contribution in [0, 0.1) is 10.8 Å². The highest BCUT2D eigenvalue weighted by Crippen LogP contribution is 2.66. The molecule has 1 aromatic carbocycles. The van der Waals surface area contributed by atoms with Gasteiger partial charge in [-0.15, -0.1) is 0 Å². The van der Waals surface area contributed by atoms with Crippen LogP contribution in [0.15, 0.2) is 36.4 Å². The number of allylic oxidation sites excluding steroid dienone is 1. The van der Waals surface area contributed by atoms with Crippen molar-refractivity contribution in [1.29, 1.82) is 0 Å². The van der Waals surface area contributed by atoms with Gasteiger partial charge in [0.15, 0.2) is 0 Å². The minimum absolute atomic E-state index is 0.270. The molecule has 1 saturated heterocycles. The summed E-state index contributed by atoms with van der Waals surface area (Å²) < 4.78 is 11.7. The molecule has 1 aliphatic heterocycles. The summed E-state index contributed by atoms with van der Waals surface area (Å²) >= 11 is 0. The molecule has 2 aliphatic carbocycles. The van der Waals surface area contributed by atoms with Crippen molar-refractivity contribution in [3.8, 4) is 0 Å². The number of hydrogen-bond donors (Lipinski definition) is 0. The summed E-state index contributed by atoms with van der Waals surface area (Å²) in [5.41, 5.74) is -0.195. The first-order chi connectivity index (χ1) is 12.3. The Morgan fingerprint density at radius 3 is 2.50 bits per heavy atom. The molecule has 0 radical (unpaired) electrons. The fourth-order valence-electron chi connectivity index (χ4n) is 4.83. The highest BCUT2D eigenvalue weighted by Gasteiger charge is 2.76. The van der Waals surface area contributed by atoms with Gasteiger partial charge in [0.2, 0.25) is 5.60 Å². The van der Waals surface area contributed by atoms with Gasteiger partial charge >= 0.3 is 11.9 Å². The Bertz CT molecular complexity index is 779. The van der Waals surface area contributed by atoms with Gasteiger partial charge in [0.05, 0.1) is 5.41 Å². The fourth-order valence-corrected chi connectivity index (χ4v) is 4.83. The van der Waals surface area contributed by atoms with E-state index >= 15 is 0 Å². The lowest BCUT2D eigenvalue weighted by Gasteiger charge is -2.36. The van der Waals surface area contributed by atoms with E-state index in [1.807, 2.05) is 51.1 Å². The molecule has 4 rings (SSSR count). The van der Waals surface area contributed by atoms with Gasteiger partial charge in [-0.1, -0.05) is 50.3 Å². The van der Waals surface area contributed by atoms with Crippen molar-refractivity contribution in [2.45, 2.75) is 64.6 Å². The van der Waals surface area contributed by atoms with E-state index < -0.39 is 16.4 Å². The molecule has 1 aromatic rings. The van der Waals surface area contributed by atoms with Gasteiger partial charge in [0, 0.05) is 5.41 Å². The van der Waals surface area contributed by atoms with Crippen molar-refractivity contribution in [3.05, 3.63) is 42.0 Å². The van der Waals surface area contributed by atoms with E-state index in [4.69, 9.17) is 9.47 Å². The van der Waals surface area contributed by atoms with Gasteiger partial charge in [0.1, 0.15) is 6.10 Å². The van der Waals surface area contributed by atoms with E-state index in [1.54, 1.807) is 0 Å². The Labute approximate surface area is 154 Å². The van der Waals surface area contributed by atoms with Crippen LogP contribution in [0.2, 0.25) is 0 Å². The van der Waals surface area contributed by atoms with Gasteiger partial charge in [0.25, 0.3) is 0 Å². The van der Waals surface area contributed by atoms with Crippen LogP contribution in [-0.4, -0.2) is 23.6 Å². The lowest BCUT2D eigenvalue weighted by Crippen LogP contribution is -2.50. The monoisotopic (exact) mass is 354 g/mol. The van der Waals surface area contributed by atoms with E-state index in [0.717, 1.165) is 30.4 Å². The quantitative estimate of drug-likeness (QED) is 0.760. The Kier molecular flexibility index (Phi) is 3.80. The predicted octanol–water partition coefficient (Wildman–Crippen LogP) is 4.29. The molecule has 1 saturated carbocycles. The molecule has 3 aliphatic rings. The molecule has 2 fully saturated rings. The second-order valence-electron chi connectivity index (χ2n) is 8.52. The minimum Gasteiger partial charge on any atom is -0.455 e. The van der Waals surface area contributed by atoms with Crippen LogP contribution in [0.3, 0.4) is 0 Å². The Hall–Kier alpha value is -2.10. The van der Waals surface area contributed by atoms with Gasteiger partial charge in [-0.2, -0.15) is 0 Å². The third-order valence-corrected chi connectivity index (χ3v) is 7.15. The summed E-state index contributed by atoms with van der Waals surface area (Å²) in [4.78, 5) is 25.7. The number of carbonyl (C=O) groups excluding carboxylic acids is 2. The first kappa shape index (κ1) is 17.3. The van der Waals surface area contributed by atoms with Crippen LogP contribution in [-0.2, 0) is 19.1 Å². The van der Waals surface area contributed by atoms with Crippen LogP contribution in [0.1, 0.15) is 58.4 Å². The molecule has 0 spiro atoms. The Morgan fingerprint density at radius 1 is 1.15 bits per heavy atom. The highest BCUT2D eigenvalue weighted by atomic mass is 16.6. The number of benzene rings is 1. The van der Waals surface area contributed by atoms with Crippen molar-refractivity contribution in [2.75, 3.05) is 0 Å². The number of rotatable bonds is 3.